The molecule has 1 heterocycles. The molecule has 1 N–H and O–H groups in total. The molecule has 1 saturated heterocycles. The Morgan fingerprint density at radius 2 is 2.05 bits per heavy atom. The van der Waals surface area contributed by atoms with E-state index in [0.29, 0.717) is 12.8 Å². The number of aliphatic carboxylic acids is 1. The Balaban J connectivity index is 1.70. The Labute approximate surface area is 122 Å². The van der Waals surface area contributed by atoms with Gasteiger partial charge >= 0.3 is 12.1 Å². The van der Waals surface area contributed by atoms with E-state index in [0.717, 1.165) is 12.0 Å². The predicted octanol–water partition coefficient (Wildman–Crippen LogP) is 1.99. The van der Waals surface area contributed by atoms with E-state index in [1.807, 2.05) is 30.3 Å². The molecular weight excluding hydrogens is 274 g/mol. The van der Waals surface area contributed by atoms with Crippen molar-refractivity contribution in [1.29, 1.82) is 0 Å². The lowest BCUT2D eigenvalue weighted by Crippen LogP contribution is -2.57. The largest absolute Gasteiger partial charge is 0.480 e. The number of carboxylic acids is 1. The van der Waals surface area contributed by atoms with Gasteiger partial charge in [-0.1, -0.05) is 30.3 Å². The van der Waals surface area contributed by atoms with Gasteiger partial charge in [-0.05, 0) is 24.8 Å². The number of carbonyl (C=O) groups excluding carboxylic acids is 1. The molecule has 1 spiro atoms. The van der Waals surface area contributed by atoms with Crippen molar-refractivity contribution in [2.45, 2.75) is 37.6 Å². The van der Waals surface area contributed by atoms with Gasteiger partial charge in [-0.15, -0.1) is 0 Å². The zero-order chi connectivity index (χ0) is 14.9. The highest BCUT2D eigenvalue weighted by molar-refractivity contribution is 5.81. The minimum Gasteiger partial charge on any atom is -0.480 e. The third kappa shape index (κ3) is 2.47. The molecule has 0 aromatic heterocycles. The lowest BCUT2D eigenvalue weighted by atomic mass is 9.87. The highest BCUT2D eigenvalue weighted by Crippen LogP contribution is 2.44. The van der Waals surface area contributed by atoms with Crippen molar-refractivity contribution in [3.05, 3.63) is 35.9 Å². The summed E-state index contributed by atoms with van der Waals surface area (Å²) in [5, 5.41) is 9.24. The van der Waals surface area contributed by atoms with Gasteiger partial charge in [0.15, 0.2) is 6.04 Å². The van der Waals surface area contributed by atoms with Crippen LogP contribution in [-0.2, 0) is 20.9 Å². The number of rotatable bonds is 3. The summed E-state index contributed by atoms with van der Waals surface area (Å²) in [6, 6.07) is 8.33. The van der Waals surface area contributed by atoms with Gasteiger partial charge in [0, 0.05) is 0 Å². The Kier molecular flexibility index (Phi) is 3.55. The van der Waals surface area contributed by atoms with Crippen LogP contribution in [0.15, 0.2) is 30.3 Å². The summed E-state index contributed by atoms with van der Waals surface area (Å²) >= 11 is 0. The SMILES string of the molecule is O=C(O)[C@@H]1COC2(CCC2)N1C(=O)OCc1ccccc1. The van der Waals surface area contributed by atoms with Crippen molar-refractivity contribution in [2.75, 3.05) is 6.61 Å². The molecular formula is C15H17NO5. The number of benzene rings is 1. The number of nitrogens with zero attached hydrogens (tertiary/aromatic N) is 1. The first-order chi connectivity index (χ1) is 10.1. The standard InChI is InChI=1S/C15H17NO5/c17-13(18)12-10-21-15(7-4-8-15)16(12)14(19)20-9-11-5-2-1-3-6-11/h1-3,5-6,12H,4,7-10H2,(H,17,18)/t12-/m0/s1. The smallest absolute Gasteiger partial charge is 0.413 e. The molecule has 1 amide bonds. The van der Waals surface area contributed by atoms with Crippen molar-refractivity contribution in [3.8, 4) is 0 Å². The van der Waals surface area contributed by atoms with Crippen LogP contribution >= 0.6 is 0 Å². The van der Waals surface area contributed by atoms with Crippen LogP contribution in [0.2, 0.25) is 0 Å². The maximum absolute atomic E-state index is 12.3. The van der Waals surface area contributed by atoms with Crippen LogP contribution in [0, 0.1) is 0 Å². The third-order valence-corrected chi connectivity index (χ3v) is 4.08. The third-order valence-electron chi connectivity index (χ3n) is 4.08. The second-order valence-electron chi connectivity index (χ2n) is 5.37. The Hall–Kier alpha value is -2.08. The van der Waals surface area contributed by atoms with Gasteiger partial charge in [0.05, 0.1) is 6.61 Å². The van der Waals surface area contributed by atoms with Gasteiger partial charge in [-0.3, -0.25) is 4.90 Å². The molecule has 1 saturated carbocycles. The van der Waals surface area contributed by atoms with Crippen LogP contribution in [0.5, 0.6) is 0 Å². The summed E-state index contributed by atoms with van der Waals surface area (Å²) in [5.74, 6) is -1.06. The van der Waals surface area contributed by atoms with E-state index < -0.39 is 23.8 Å². The highest BCUT2D eigenvalue weighted by Gasteiger charge is 2.56. The Morgan fingerprint density at radius 1 is 1.33 bits per heavy atom. The predicted molar refractivity (Wildman–Crippen MR) is 72.4 cm³/mol. The van der Waals surface area contributed by atoms with Crippen molar-refractivity contribution in [1.82, 2.24) is 4.90 Å². The molecule has 21 heavy (non-hydrogen) atoms. The fourth-order valence-corrected chi connectivity index (χ4v) is 2.79. The van der Waals surface area contributed by atoms with E-state index in [-0.39, 0.29) is 13.2 Å². The van der Waals surface area contributed by atoms with Crippen molar-refractivity contribution in [3.63, 3.8) is 0 Å². The molecule has 1 aromatic rings. The normalized spacial score (nSPS) is 22.9. The molecule has 6 heteroatoms. The van der Waals surface area contributed by atoms with Crippen LogP contribution in [0.3, 0.4) is 0 Å². The van der Waals surface area contributed by atoms with Gasteiger partial charge in [0.1, 0.15) is 12.3 Å². The summed E-state index contributed by atoms with van der Waals surface area (Å²) in [6.45, 7) is 0.147. The molecule has 3 rings (SSSR count). The summed E-state index contributed by atoms with van der Waals surface area (Å²) in [5.41, 5.74) is 0.0945. The number of carboxylic acid groups (broad SMARTS) is 1. The van der Waals surface area contributed by atoms with Crippen molar-refractivity contribution >= 4 is 12.1 Å². The van der Waals surface area contributed by atoms with Crippen LogP contribution in [0.25, 0.3) is 0 Å². The lowest BCUT2D eigenvalue weighted by Gasteiger charge is -2.43. The van der Waals surface area contributed by atoms with Gasteiger partial charge in [0.25, 0.3) is 0 Å². The average molecular weight is 291 g/mol. The molecule has 1 aromatic carbocycles. The Morgan fingerprint density at radius 3 is 2.62 bits per heavy atom. The number of ether oxygens (including phenoxy) is 2. The van der Waals surface area contributed by atoms with E-state index >= 15 is 0 Å². The minimum atomic E-state index is -1.06. The topological polar surface area (TPSA) is 76.1 Å². The molecule has 0 bridgehead atoms. The van der Waals surface area contributed by atoms with Crippen LogP contribution in [0.1, 0.15) is 24.8 Å². The van der Waals surface area contributed by atoms with Gasteiger partial charge in [-0.2, -0.15) is 0 Å². The zero-order valence-electron chi connectivity index (χ0n) is 11.5. The fourth-order valence-electron chi connectivity index (χ4n) is 2.79. The zero-order valence-corrected chi connectivity index (χ0v) is 11.5. The second-order valence-corrected chi connectivity index (χ2v) is 5.37. The molecule has 1 aliphatic heterocycles. The quantitative estimate of drug-likeness (QED) is 0.921. The number of carbonyl (C=O) groups is 2. The van der Waals surface area contributed by atoms with Crippen molar-refractivity contribution in [2.24, 2.45) is 0 Å². The van der Waals surface area contributed by atoms with E-state index in [1.54, 1.807) is 0 Å². The van der Waals surface area contributed by atoms with Gasteiger partial charge < -0.3 is 14.6 Å². The molecule has 0 unspecified atom stereocenters. The summed E-state index contributed by atoms with van der Waals surface area (Å²) < 4.78 is 10.8. The van der Waals surface area contributed by atoms with Crippen LogP contribution < -0.4 is 0 Å². The summed E-state index contributed by atoms with van der Waals surface area (Å²) in [7, 11) is 0. The minimum absolute atomic E-state index is 0.0236. The fraction of sp³-hybridized carbons (Fsp3) is 0.467. The number of amides is 1. The van der Waals surface area contributed by atoms with Crippen LogP contribution in [0.4, 0.5) is 4.79 Å². The average Bonchev–Trinajstić information content (AvgIpc) is 2.86. The highest BCUT2D eigenvalue weighted by atomic mass is 16.6. The molecule has 112 valence electrons. The van der Waals surface area contributed by atoms with E-state index in [2.05, 4.69) is 0 Å². The molecule has 2 fully saturated rings. The maximum Gasteiger partial charge on any atom is 0.413 e. The summed E-state index contributed by atoms with van der Waals surface area (Å²) in [4.78, 5) is 24.9. The van der Waals surface area contributed by atoms with E-state index in [1.165, 1.54) is 4.90 Å². The van der Waals surface area contributed by atoms with E-state index in [4.69, 9.17) is 9.47 Å². The van der Waals surface area contributed by atoms with Crippen LogP contribution in [-0.4, -0.2) is 40.4 Å². The monoisotopic (exact) mass is 291 g/mol. The molecule has 1 atom stereocenters. The van der Waals surface area contributed by atoms with Gasteiger partial charge in [-0.25, -0.2) is 9.59 Å². The Bertz CT molecular complexity index is 540. The van der Waals surface area contributed by atoms with Gasteiger partial charge in [0.2, 0.25) is 0 Å². The molecule has 2 aliphatic rings. The summed E-state index contributed by atoms with van der Waals surface area (Å²) in [6.07, 6.45) is 1.63. The number of hydrogen-bond donors (Lipinski definition) is 1. The van der Waals surface area contributed by atoms with Crippen molar-refractivity contribution < 1.29 is 24.2 Å². The number of hydrogen-bond acceptors (Lipinski definition) is 4. The first-order valence-corrected chi connectivity index (χ1v) is 6.99. The second kappa shape index (κ2) is 5.37. The first kappa shape index (κ1) is 13.9. The maximum atomic E-state index is 12.3. The first-order valence-electron chi connectivity index (χ1n) is 6.99. The lowest BCUT2D eigenvalue weighted by molar-refractivity contribution is -0.149. The molecule has 0 radical (unpaired) electrons. The molecule has 6 nitrogen and oxygen atoms in total. The molecule has 1 aliphatic carbocycles. The van der Waals surface area contributed by atoms with E-state index in [9.17, 15) is 14.7 Å².